The average molecular weight is 498 g/mol. The number of aromatic amines is 1. The van der Waals surface area contributed by atoms with Gasteiger partial charge in [-0.1, -0.05) is 42.8 Å². The van der Waals surface area contributed by atoms with Crippen LogP contribution in [0.15, 0.2) is 82.5 Å². The van der Waals surface area contributed by atoms with Crippen molar-refractivity contribution < 1.29 is 5.11 Å². The largest absolute Gasteiger partial charge is 0.494 e. The molecule has 6 rings (SSSR count). The summed E-state index contributed by atoms with van der Waals surface area (Å²) in [4.78, 5) is 15.3. The lowest BCUT2D eigenvalue weighted by molar-refractivity contribution is 0.229. The summed E-state index contributed by atoms with van der Waals surface area (Å²) >= 11 is 6.20. The van der Waals surface area contributed by atoms with Gasteiger partial charge in [0.25, 0.3) is 0 Å². The maximum atomic E-state index is 11.1. The maximum absolute atomic E-state index is 11.1. The number of rotatable bonds is 5. The number of H-pyrrole nitrogens is 1. The van der Waals surface area contributed by atoms with E-state index in [4.69, 9.17) is 21.6 Å². The average Bonchev–Trinajstić information content (AvgIpc) is 3.46. The third-order valence-electron chi connectivity index (χ3n) is 7.13. The molecule has 0 bridgehead atoms. The molecule has 0 aliphatic carbocycles. The smallest absolute Gasteiger partial charge is 0.197 e. The summed E-state index contributed by atoms with van der Waals surface area (Å²) < 4.78 is 0. The summed E-state index contributed by atoms with van der Waals surface area (Å²) in [6, 6.07) is 22.0. The number of anilines is 1. The first-order valence-corrected chi connectivity index (χ1v) is 12.8. The fourth-order valence-corrected chi connectivity index (χ4v) is 5.30. The van der Waals surface area contributed by atoms with Crippen molar-refractivity contribution in [2.24, 2.45) is 9.98 Å². The third-order valence-corrected chi connectivity index (χ3v) is 7.38. The number of hydrogen-bond acceptors (Lipinski definition) is 5. The number of fused-ring (bicyclic) bond motifs is 2. The minimum absolute atomic E-state index is 0.0946. The van der Waals surface area contributed by atoms with Crippen LogP contribution in [0, 0.1) is 0 Å². The number of likely N-dealkylation sites (tertiary alicyclic amines) is 1. The van der Waals surface area contributed by atoms with Crippen LogP contribution in [-0.4, -0.2) is 40.7 Å². The Hall–Kier alpha value is -3.61. The number of para-hydroxylation sites is 2. The molecule has 4 aromatic rings. The van der Waals surface area contributed by atoms with E-state index >= 15 is 0 Å². The van der Waals surface area contributed by atoms with Gasteiger partial charge in [0, 0.05) is 46.3 Å². The van der Waals surface area contributed by atoms with Crippen molar-refractivity contribution in [1.29, 1.82) is 0 Å². The molecule has 2 aliphatic rings. The van der Waals surface area contributed by atoms with Crippen LogP contribution in [0.25, 0.3) is 16.5 Å². The van der Waals surface area contributed by atoms with Gasteiger partial charge in [0.1, 0.15) is 0 Å². The zero-order valence-corrected chi connectivity index (χ0v) is 20.9. The SMILES string of the molecule is CCN1CCC(Nc2ccc3[nH]c(O)c(C(=C4N=c5ccccc5=N4)c4ccc(Cl)cc4)c3c2)CC1. The van der Waals surface area contributed by atoms with Gasteiger partial charge in [-0.05, 0) is 67.4 Å². The minimum Gasteiger partial charge on any atom is -0.494 e. The van der Waals surface area contributed by atoms with Gasteiger partial charge in [-0.25, -0.2) is 9.98 Å². The predicted octanol–water partition coefficient (Wildman–Crippen LogP) is 5.09. The highest BCUT2D eigenvalue weighted by Crippen LogP contribution is 2.40. The lowest BCUT2D eigenvalue weighted by Gasteiger charge is -2.32. The van der Waals surface area contributed by atoms with Crippen LogP contribution in [0.4, 0.5) is 5.69 Å². The molecule has 2 aliphatic heterocycles. The van der Waals surface area contributed by atoms with Gasteiger partial charge >= 0.3 is 0 Å². The van der Waals surface area contributed by atoms with Crippen LogP contribution in [0.1, 0.15) is 30.9 Å². The van der Waals surface area contributed by atoms with Gasteiger partial charge in [-0.15, -0.1) is 0 Å². The first-order valence-electron chi connectivity index (χ1n) is 12.5. The molecular formula is C29H28ClN5O. The van der Waals surface area contributed by atoms with E-state index in [1.54, 1.807) is 0 Å². The predicted molar refractivity (Wildman–Crippen MR) is 145 cm³/mol. The molecule has 3 N–H and O–H groups in total. The topological polar surface area (TPSA) is 76.0 Å². The zero-order chi connectivity index (χ0) is 24.6. The van der Waals surface area contributed by atoms with Crippen LogP contribution < -0.4 is 16.0 Å². The summed E-state index contributed by atoms with van der Waals surface area (Å²) in [7, 11) is 0. The molecule has 3 aromatic carbocycles. The quantitative estimate of drug-likeness (QED) is 0.359. The van der Waals surface area contributed by atoms with Crippen LogP contribution in [0.5, 0.6) is 5.88 Å². The molecule has 1 saturated heterocycles. The van der Waals surface area contributed by atoms with E-state index in [0.29, 0.717) is 22.4 Å². The standard InChI is InChI=1S/C29H28ClN5O/c1-2-35-15-13-20(14-16-35)31-21-11-12-23-22(17-21)27(29(36)34-23)26(18-7-9-19(30)10-8-18)28-32-24-5-3-4-6-25(24)33-28/h3-12,17,20,31,34,36H,2,13-16H2,1H3. The Morgan fingerprint density at radius 3 is 2.39 bits per heavy atom. The molecule has 0 radical (unpaired) electrons. The number of aromatic nitrogens is 1. The highest BCUT2D eigenvalue weighted by atomic mass is 35.5. The molecule has 0 unspecified atom stereocenters. The Bertz CT molecular complexity index is 1540. The highest BCUT2D eigenvalue weighted by Gasteiger charge is 2.23. The second-order valence-electron chi connectivity index (χ2n) is 9.38. The fraction of sp³-hybridized carbons (Fsp3) is 0.241. The molecule has 0 saturated carbocycles. The van der Waals surface area contributed by atoms with E-state index < -0.39 is 0 Å². The Morgan fingerprint density at radius 2 is 1.72 bits per heavy atom. The minimum atomic E-state index is 0.0946. The summed E-state index contributed by atoms with van der Waals surface area (Å²) in [6.45, 7) is 5.55. The number of benzene rings is 3. The summed E-state index contributed by atoms with van der Waals surface area (Å²) in [6.07, 6.45) is 2.24. The van der Waals surface area contributed by atoms with Crippen LogP contribution in [0.3, 0.4) is 0 Å². The van der Waals surface area contributed by atoms with Gasteiger partial charge in [-0.3, -0.25) is 0 Å². The number of halogens is 1. The third kappa shape index (κ3) is 4.27. The van der Waals surface area contributed by atoms with Crippen molar-refractivity contribution in [1.82, 2.24) is 9.88 Å². The lowest BCUT2D eigenvalue weighted by atomic mass is 9.96. The van der Waals surface area contributed by atoms with E-state index in [2.05, 4.69) is 34.3 Å². The van der Waals surface area contributed by atoms with E-state index in [9.17, 15) is 5.11 Å². The van der Waals surface area contributed by atoms with Gasteiger partial charge in [0.05, 0.1) is 16.3 Å². The monoisotopic (exact) mass is 497 g/mol. The summed E-state index contributed by atoms with van der Waals surface area (Å²) in [5.41, 5.74) is 4.24. The number of hydrogen-bond donors (Lipinski definition) is 3. The van der Waals surface area contributed by atoms with E-state index in [1.165, 1.54) is 0 Å². The highest BCUT2D eigenvalue weighted by molar-refractivity contribution is 6.30. The van der Waals surface area contributed by atoms with Gasteiger partial charge in [0.2, 0.25) is 0 Å². The van der Waals surface area contributed by atoms with Crippen LogP contribution in [0.2, 0.25) is 5.02 Å². The van der Waals surface area contributed by atoms with Crippen molar-refractivity contribution in [3.05, 3.63) is 99.4 Å². The molecule has 0 spiro atoms. The Labute approximate surface area is 214 Å². The first-order chi connectivity index (χ1) is 17.6. The van der Waals surface area contributed by atoms with Crippen molar-refractivity contribution in [2.45, 2.75) is 25.8 Å². The van der Waals surface area contributed by atoms with Crippen molar-refractivity contribution in [3.8, 4) is 5.88 Å². The van der Waals surface area contributed by atoms with Crippen LogP contribution >= 0.6 is 11.6 Å². The van der Waals surface area contributed by atoms with Crippen molar-refractivity contribution >= 4 is 33.8 Å². The maximum Gasteiger partial charge on any atom is 0.197 e. The van der Waals surface area contributed by atoms with Crippen molar-refractivity contribution in [3.63, 3.8) is 0 Å². The molecule has 6 nitrogen and oxygen atoms in total. The van der Waals surface area contributed by atoms with Gasteiger partial charge < -0.3 is 20.3 Å². The molecule has 182 valence electrons. The van der Waals surface area contributed by atoms with Crippen molar-refractivity contribution in [2.75, 3.05) is 25.0 Å². The first kappa shape index (κ1) is 22.8. The number of aromatic hydroxyl groups is 1. The van der Waals surface area contributed by atoms with E-state index in [0.717, 1.165) is 70.9 Å². The number of nitrogens with zero attached hydrogens (tertiary/aromatic N) is 3. The zero-order valence-electron chi connectivity index (χ0n) is 20.1. The van der Waals surface area contributed by atoms with E-state index in [1.807, 2.05) is 54.6 Å². The number of nitrogens with one attached hydrogen (secondary N) is 2. The van der Waals surface area contributed by atoms with Crippen LogP contribution in [-0.2, 0) is 0 Å². The normalized spacial score (nSPS) is 16.0. The molecule has 1 aromatic heterocycles. The molecule has 36 heavy (non-hydrogen) atoms. The Kier molecular flexibility index (Phi) is 5.99. The summed E-state index contributed by atoms with van der Waals surface area (Å²) in [5, 5.41) is 18.1. The Balaban J connectivity index is 1.47. The lowest BCUT2D eigenvalue weighted by Crippen LogP contribution is -2.38. The molecular weight excluding hydrogens is 470 g/mol. The van der Waals surface area contributed by atoms with E-state index in [-0.39, 0.29) is 5.88 Å². The molecule has 0 atom stereocenters. The molecule has 0 amide bonds. The fourth-order valence-electron chi connectivity index (χ4n) is 5.17. The Morgan fingerprint density at radius 1 is 1.03 bits per heavy atom. The molecule has 3 heterocycles. The second-order valence-corrected chi connectivity index (χ2v) is 9.82. The van der Waals surface area contributed by atoms with Gasteiger partial charge in [-0.2, -0.15) is 0 Å². The number of piperidine rings is 1. The molecule has 1 fully saturated rings. The van der Waals surface area contributed by atoms with Gasteiger partial charge in [0.15, 0.2) is 11.7 Å². The summed E-state index contributed by atoms with van der Waals surface area (Å²) in [5.74, 6) is 0.664. The second kappa shape index (κ2) is 9.45. The molecule has 7 heteroatoms.